The van der Waals surface area contributed by atoms with E-state index in [9.17, 15) is 13.2 Å². The van der Waals surface area contributed by atoms with Gasteiger partial charge in [-0.15, -0.1) is 0 Å². The topological polar surface area (TPSA) is 92.0 Å². The number of rotatable bonds is 2. The highest BCUT2D eigenvalue weighted by Crippen LogP contribution is 2.31. The van der Waals surface area contributed by atoms with Crippen LogP contribution in [0.1, 0.15) is 0 Å². The number of nitrogens with one attached hydrogen (secondary N) is 2. The Balaban J connectivity index is 2.27. The van der Waals surface area contributed by atoms with Gasteiger partial charge in [0.15, 0.2) is 9.84 Å². The van der Waals surface area contributed by atoms with Gasteiger partial charge in [0, 0.05) is 0 Å². The summed E-state index contributed by atoms with van der Waals surface area (Å²) in [5.74, 6) is 0. The summed E-state index contributed by atoms with van der Waals surface area (Å²) >= 11 is 3.21. The molecule has 2 N–H and O–H groups in total. The maximum absolute atomic E-state index is 12.3. The Morgan fingerprint density at radius 2 is 2.00 bits per heavy atom. The highest BCUT2D eigenvalue weighted by atomic mass is 79.9. The van der Waals surface area contributed by atoms with Crippen LogP contribution in [0.15, 0.2) is 26.3 Å². The smallest absolute Gasteiger partial charge is 0.272 e. The van der Waals surface area contributed by atoms with Crippen LogP contribution in [-0.2, 0) is 14.6 Å². The molecule has 1 aromatic heterocycles. The van der Waals surface area contributed by atoms with Gasteiger partial charge in [0.25, 0.3) is 5.56 Å². The van der Waals surface area contributed by atoms with Crippen LogP contribution >= 0.6 is 15.9 Å². The number of hydrogen-bond donors (Lipinski definition) is 2. The van der Waals surface area contributed by atoms with Crippen molar-refractivity contribution in [3.05, 3.63) is 27.0 Å². The average Bonchev–Trinajstić information content (AvgIpc) is 2.57. The van der Waals surface area contributed by atoms with E-state index < -0.39 is 15.1 Å². The van der Waals surface area contributed by atoms with Crippen LogP contribution in [0.4, 0.5) is 0 Å². The van der Waals surface area contributed by atoms with Crippen molar-refractivity contribution in [3.63, 3.8) is 0 Å². The van der Waals surface area contributed by atoms with Crippen LogP contribution in [0, 0.1) is 0 Å². The van der Waals surface area contributed by atoms with Crippen LogP contribution in [0.3, 0.4) is 0 Å². The maximum Gasteiger partial charge on any atom is 0.272 e. The summed E-state index contributed by atoms with van der Waals surface area (Å²) in [7, 11) is -3.46. The number of benzene rings is 1. The number of sulfone groups is 1. The highest BCUT2D eigenvalue weighted by Gasteiger charge is 2.35. The first-order chi connectivity index (χ1) is 8.51. The summed E-state index contributed by atoms with van der Waals surface area (Å²) in [6, 6.07) is 3.06. The lowest BCUT2D eigenvalue weighted by Crippen LogP contribution is -2.40. The lowest BCUT2D eigenvalue weighted by atomic mass is 10.2. The molecule has 0 spiro atoms. The van der Waals surface area contributed by atoms with Crippen molar-refractivity contribution in [2.75, 3.05) is 13.2 Å². The van der Waals surface area contributed by atoms with Gasteiger partial charge < -0.3 is 4.74 Å². The van der Waals surface area contributed by atoms with Crippen LogP contribution in [0.2, 0.25) is 0 Å². The van der Waals surface area contributed by atoms with Gasteiger partial charge in [-0.1, -0.05) is 0 Å². The Bertz CT molecular complexity index is 773. The second-order valence-electron chi connectivity index (χ2n) is 4.08. The fourth-order valence-electron chi connectivity index (χ4n) is 1.86. The van der Waals surface area contributed by atoms with Gasteiger partial charge in [-0.25, -0.2) is 8.42 Å². The van der Waals surface area contributed by atoms with Crippen molar-refractivity contribution in [1.82, 2.24) is 10.2 Å². The quantitative estimate of drug-likeness (QED) is 0.850. The van der Waals surface area contributed by atoms with Gasteiger partial charge in [-0.2, -0.15) is 0 Å². The fraction of sp³-hybridized carbons (Fsp3) is 0.300. The molecule has 1 saturated heterocycles. The molecule has 2 aromatic rings. The summed E-state index contributed by atoms with van der Waals surface area (Å²) in [6.45, 7) is 0.409. The standard InChI is InChI=1S/C10H9BrN2O4S/c11-9-7(18(15,16)5-3-17-4-5)2-1-6-8(9)10(14)13-12-6/h1-2,5H,3-4H2,(H2,12,13,14). The minimum absolute atomic E-state index is 0.133. The van der Waals surface area contributed by atoms with Crippen molar-refractivity contribution in [2.24, 2.45) is 0 Å². The van der Waals surface area contributed by atoms with Gasteiger partial charge in [-0.3, -0.25) is 15.0 Å². The highest BCUT2D eigenvalue weighted by molar-refractivity contribution is 9.10. The molecule has 1 aliphatic rings. The van der Waals surface area contributed by atoms with E-state index in [1.807, 2.05) is 0 Å². The number of aromatic amines is 2. The van der Waals surface area contributed by atoms with E-state index >= 15 is 0 Å². The van der Waals surface area contributed by atoms with Gasteiger partial charge in [0.2, 0.25) is 0 Å². The first-order valence-corrected chi connectivity index (χ1v) is 7.56. The van der Waals surface area contributed by atoms with Crippen LogP contribution in [-0.4, -0.2) is 37.1 Å². The van der Waals surface area contributed by atoms with Crippen molar-refractivity contribution in [2.45, 2.75) is 10.1 Å². The first-order valence-electron chi connectivity index (χ1n) is 5.22. The van der Waals surface area contributed by atoms with E-state index in [2.05, 4.69) is 26.1 Å². The van der Waals surface area contributed by atoms with E-state index in [-0.39, 0.29) is 23.7 Å². The Morgan fingerprint density at radius 1 is 1.28 bits per heavy atom. The van der Waals surface area contributed by atoms with Gasteiger partial charge >= 0.3 is 0 Å². The van der Waals surface area contributed by atoms with Crippen molar-refractivity contribution >= 4 is 36.7 Å². The van der Waals surface area contributed by atoms with Crippen molar-refractivity contribution < 1.29 is 13.2 Å². The van der Waals surface area contributed by atoms with Crippen LogP contribution in [0.25, 0.3) is 10.9 Å². The SMILES string of the molecule is O=c1[nH][nH]c2ccc(S(=O)(=O)C3COC3)c(Br)c12. The molecule has 1 aromatic carbocycles. The number of ether oxygens (including phenoxy) is 1. The Morgan fingerprint density at radius 3 is 2.61 bits per heavy atom. The van der Waals surface area contributed by atoms with Gasteiger partial charge in [0.05, 0.1) is 33.5 Å². The fourth-order valence-corrected chi connectivity index (χ4v) is 4.58. The molecular formula is C10H9BrN2O4S. The third kappa shape index (κ3) is 1.56. The molecule has 0 amide bonds. The van der Waals surface area contributed by atoms with Gasteiger partial charge in [0.1, 0.15) is 5.25 Å². The molecule has 0 saturated carbocycles. The van der Waals surface area contributed by atoms with E-state index in [1.165, 1.54) is 6.07 Å². The molecule has 3 rings (SSSR count). The minimum Gasteiger partial charge on any atom is -0.379 e. The Hall–Kier alpha value is -1.12. The summed E-state index contributed by atoms with van der Waals surface area (Å²) in [5, 5.41) is 4.89. The van der Waals surface area contributed by atoms with E-state index in [1.54, 1.807) is 6.07 Å². The molecule has 96 valence electrons. The van der Waals surface area contributed by atoms with Crippen molar-refractivity contribution in [3.8, 4) is 0 Å². The molecule has 0 atom stereocenters. The van der Waals surface area contributed by atoms with Crippen LogP contribution in [0.5, 0.6) is 0 Å². The molecular weight excluding hydrogens is 324 g/mol. The Kier molecular flexibility index (Phi) is 2.61. The van der Waals surface area contributed by atoms with Crippen molar-refractivity contribution in [1.29, 1.82) is 0 Å². The zero-order valence-electron chi connectivity index (χ0n) is 9.07. The molecule has 6 nitrogen and oxygen atoms in total. The molecule has 0 unspecified atom stereocenters. The van der Waals surface area contributed by atoms with E-state index in [4.69, 9.17) is 4.74 Å². The largest absolute Gasteiger partial charge is 0.379 e. The zero-order valence-corrected chi connectivity index (χ0v) is 11.5. The molecule has 1 aliphatic heterocycles. The lowest BCUT2D eigenvalue weighted by molar-refractivity contribution is 0.0416. The first kappa shape index (κ1) is 11.9. The third-order valence-electron chi connectivity index (χ3n) is 3.00. The number of hydrogen-bond acceptors (Lipinski definition) is 4. The minimum atomic E-state index is -3.46. The molecule has 0 bridgehead atoms. The molecule has 2 heterocycles. The van der Waals surface area contributed by atoms with Crippen LogP contribution < -0.4 is 5.56 Å². The number of fused-ring (bicyclic) bond motifs is 1. The second-order valence-corrected chi connectivity index (χ2v) is 7.07. The van der Waals surface area contributed by atoms with E-state index in [0.717, 1.165) is 0 Å². The molecule has 1 fully saturated rings. The van der Waals surface area contributed by atoms with E-state index in [0.29, 0.717) is 15.4 Å². The predicted molar refractivity (Wildman–Crippen MR) is 68.4 cm³/mol. The summed E-state index contributed by atoms with van der Waals surface area (Å²) in [4.78, 5) is 11.7. The van der Waals surface area contributed by atoms with Gasteiger partial charge in [-0.05, 0) is 28.1 Å². The molecule has 0 aliphatic carbocycles. The zero-order chi connectivity index (χ0) is 12.9. The summed E-state index contributed by atoms with van der Waals surface area (Å²) in [5.41, 5.74) is 0.217. The molecule has 8 heteroatoms. The maximum atomic E-state index is 12.3. The predicted octanol–water partition coefficient (Wildman–Crippen LogP) is 0.791. The second kappa shape index (κ2) is 3.94. The number of halogens is 1. The summed E-state index contributed by atoms with van der Waals surface area (Å²) < 4.78 is 29.8. The third-order valence-corrected chi connectivity index (χ3v) is 6.19. The summed E-state index contributed by atoms with van der Waals surface area (Å²) in [6.07, 6.45) is 0. The number of H-pyrrole nitrogens is 2. The number of aromatic nitrogens is 2. The molecule has 18 heavy (non-hydrogen) atoms. The monoisotopic (exact) mass is 332 g/mol. The lowest BCUT2D eigenvalue weighted by Gasteiger charge is -2.26. The Labute approximate surface area is 110 Å². The average molecular weight is 333 g/mol. The molecule has 0 radical (unpaired) electrons. The normalized spacial score (nSPS) is 16.9.